The Morgan fingerprint density at radius 2 is 1.29 bits per heavy atom. The maximum atomic E-state index is 2.58. The number of rotatable bonds is 2. The summed E-state index contributed by atoms with van der Waals surface area (Å²) in [5.41, 5.74) is 3.27. The molecule has 1 aliphatic rings. The zero-order valence-corrected chi connectivity index (χ0v) is 15.3. The van der Waals surface area contributed by atoms with Gasteiger partial charge in [0.15, 0.2) is 0 Å². The Kier molecular flexibility index (Phi) is 3.90. The average Bonchev–Trinajstić information content (AvgIpc) is 2.89. The topological polar surface area (TPSA) is 4.93 Å². The van der Waals surface area contributed by atoms with Crippen LogP contribution in [-0.4, -0.2) is 4.57 Å². The molecule has 3 aromatic rings. The van der Waals surface area contributed by atoms with Gasteiger partial charge in [-0.05, 0) is 55.1 Å². The number of aromatic nitrogens is 1. The summed E-state index contributed by atoms with van der Waals surface area (Å²) in [5.74, 6) is 1.72. The highest BCUT2D eigenvalue weighted by Crippen LogP contribution is 2.41. The second-order valence-electron chi connectivity index (χ2n) is 8.73. The molecule has 24 heavy (non-hydrogen) atoms. The molecule has 0 amide bonds. The van der Waals surface area contributed by atoms with Crippen molar-refractivity contribution in [2.24, 2.45) is 17.3 Å². The van der Waals surface area contributed by atoms with Crippen molar-refractivity contribution in [2.75, 3.05) is 0 Å². The molecule has 1 saturated carbocycles. The molecule has 1 aliphatic carbocycles. The zero-order valence-electron chi connectivity index (χ0n) is 15.3. The van der Waals surface area contributed by atoms with Crippen LogP contribution in [0.1, 0.15) is 46.5 Å². The van der Waals surface area contributed by atoms with Gasteiger partial charge in [0.25, 0.3) is 0 Å². The Balaban J connectivity index is 1.63. The Hall–Kier alpha value is -1.76. The lowest BCUT2D eigenvalue weighted by molar-refractivity contribution is 0.144. The normalized spacial score (nSPS) is 22.3. The molecule has 1 nitrogen and oxygen atoms in total. The van der Waals surface area contributed by atoms with Crippen LogP contribution in [0.15, 0.2) is 48.5 Å². The lowest BCUT2D eigenvalue weighted by Crippen LogP contribution is -2.27. The van der Waals surface area contributed by atoms with E-state index in [1.54, 1.807) is 0 Å². The first-order chi connectivity index (χ1) is 11.5. The fourth-order valence-electron chi connectivity index (χ4n) is 4.67. The monoisotopic (exact) mass is 319 g/mol. The van der Waals surface area contributed by atoms with Crippen molar-refractivity contribution < 1.29 is 0 Å². The molecule has 4 rings (SSSR count). The SMILES string of the molecule is CC(C)(C)C1CCC(Cn2c3ccccc3c3ccccc32)CC1. The van der Waals surface area contributed by atoms with Crippen molar-refractivity contribution in [3.05, 3.63) is 48.5 Å². The molecule has 0 N–H and O–H groups in total. The summed E-state index contributed by atoms with van der Waals surface area (Å²) in [6, 6.07) is 17.8. The van der Waals surface area contributed by atoms with Gasteiger partial charge in [0, 0.05) is 28.4 Å². The molecule has 0 spiro atoms. The minimum atomic E-state index is 0.470. The highest BCUT2D eigenvalue weighted by Gasteiger charge is 2.30. The van der Waals surface area contributed by atoms with E-state index in [-0.39, 0.29) is 0 Å². The summed E-state index contributed by atoms with van der Waals surface area (Å²) in [6.45, 7) is 8.39. The van der Waals surface area contributed by atoms with Crippen LogP contribution < -0.4 is 0 Å². The van der Waals surface area contributed by atoms with Crippen molar-refractivity contribution in [3.63, 3.8) is 0 Å². The smallest absolute Gasteiger partial charge is 0.0491 e. The zero-order chi connectivity index (χ0) is 16.7. The number of fused-ring (bicyclic) bond motifs is 3. The first-order valence-electron chi connectivity index (χ1n) is 9.50. The van der Waals surface area contributed by atoms with E-state index < -0.39 is 0 Å². The molecule has 126 valence electrons. The standard InChI is InChI=1S/C23H29N/c1-23(2,3)18-14-12-17(13-15-18)16-24-21-10-6-4-8-19(21)20-9-5-7-11-22(20)24/h4-11,17-18H,12-16H2,1-3H3. The van der Waals surface area contributed by atoms with E-state index in [1.807, 2.05) is 0 Å². The van der Waals surface area contributed by atoms with Crippen molar-refractivity contribution in [1.82, 2.24) is 4.57 Å². The van der Waals surface area contributed by atoms with Crippen molar-refractivity contribution in [3.8, 4) is 0 Å². The third-order valence-corrected chi connectivity index (χ3v) is 6.19. The maximum absolute atomic E-state index is 2.58. The Morgan fingerprint density at radius 1 is 0.792 bits per heavy atom. The van der Waals surface area contributed by atoms with Gasteiger partial charge in [-0.15, -0.1) is 0 Å². The first-order valence-corrected chi connectivity index (χ1v) is 9.50. The molecular weight excluding hydrogens is 290 g/mol. The largest absolute Gasteiger partial charge is 0.340 e. The Morgan fingerprint density at radius 3 is 1.79 bits per heavy atom. The molecule has 1 fully saturated rings. The van der Waals surface area contributed by atoms with Gasteiger partial charge < -0.3 is 4.57 Å². The molecule has 1 heteroatoms. The second kappa shape index (κ2) is 5.95. The highest BCUT2D eigenvalue weighted by atomic mass is 15.0. The van der Waals surface area contributed by atoms with E-state index in [1.165, 1.54) is 54.0 Å². The van der Waals surface area contributed by atoms with Crippen LogP contribution >= 0.6 is 0 Å². The van der Waals surface area contributed by atoms with Crippen LogP contribution in [0.25, 0.3) is 21.8 Å². The van der Waals surface area contributed by atoms with Gasteiger partial charge in [0.2, 0.25) is 0 Å². The van der Waals surface area contributed by atoms with E-state index in [0.29, 0.717) is 5.41 Å². The fourth-order valence-corrected chi connectivity index (χ4v) is 4.67. The third kappa shape index (κ3) is 2.75. The summed E-state index contributed by atoms with van der Waals surface area (Å²) in [5, 5.41) is 2.80. The Bertz CT molecular complexity index is 788. The van der Waals surface area contributed by atoms with Crippen molar-refractivity contribution in [1.29, 1.82) is 0 Å². The van der Waals surface area contributed by atoms with Crippen LogP contribution in [0, 0.1) is 17.3 Å². The summed E-state index contributed by atoms with van der Waals surface area (Å²) < 4.78 is 2.58. The lowest BCUT2D eigenvalue weighted by atomic mass is 9.70. The molecule has 0 aliphatic heterocycles. The first kappa shape index (κ1) is 15.7. The summed E-state index contributed by atoms with van der Waals surface area (Å²) in [6.07, 6.45) is 5.54. The molecule has 0 saturated heterocycles. The second-order valence-corrected chi connectivity index (χ2v) is 8.73. The van der Waals surface area contributed by atoms with Crippen LogP contribution in [0.5, 0.6) is 0 Å². The van der Waals surface area contributed by atoms with Gasteiger partial charge in [-0.3, -0.25) is 0 Å². The van der Waals surface area contributed by atoms with Gasteiger partial charge >= 0.3 is 0 Å². The molecule has 0 bridgehead atoms. The Labute approximate surface area is 145 Å². The van der Waals surface area contributed by atoms with Crippen LogP contribution in [-0.2, 0) is 6.54 Å². The predicted octanol–water partition coefficient (Wildman–Crippen LogP) is 6.65. The van der Waals surface area contributed by atoms with E-state index in [4.69, 9.17) is 0 Å². The summed E-state index contributed by atoms with van der Waals surface area (Å²) in [4.78, 5) is 0. The van der Waals surface area contributed by atoms with Crippen LogP contribution in [0.4, 0.5) is 0 Å². The lowest BCUT2D eigenvalue weighted by Gasteiger charge is -2.37. The molecule has 0 radical (unpaired) electrons. The molecular formula is C23H29N. The molecule has 0 atom stereocenters. The minimum Gasteiger partial charge on any atom is -0.340 e. The van der Waals surface area contributed by atoms with Gasteiger partial charge in [-0.25, -0.2) is 0 Å². The maximum Gasteiger partial charge on any atom is 0.0491 e. The minimum absolute atomic E-state index is 0.470. The van der Waals surface area contributed by atoms with Crippen molar-refractivity contribution >= 4 is 21.8 Å². The van der Waals surface area contributed by atoms with Gasteiger partial charge in [0.05, 0.1) is 0 Å². The number of hydrogen-bond acceptors (Lipinski definition) is 0. The number of para-hydroxylation sites is 2. The van der Waals surface area contributed by atoms with E-state index >= 15 is 0 Å². The summed E-state index contributed by atoms with van der Waals surface area (Å²) >= 11 is 0. The number of hydrogen-bond donors (Lipinski definition) is 0. The molecule has 1 aromatic heterocycles. The quantitative estimate of drug-likeness (QED) is 0.498. The van der Waals surface area contributed by atoms with Gasteiger partial charge in [0.1, 0.15) is 0 Å². The van der Waals surface area contributed by atoms with E-state index in [9.17, 15) is 0 Å². The summed E-state index contributed by atoms with van der Waals surface area (Å²) in [7, 11) is 0. The fraction of sp³-hybridized carbons (Fsp3) is 0.478. The van der Waals surface area contributed by atoms with Crippen LogP contribution in [0.3, 0.4) is 0 Å². The third-order valence-electron chi connectivity index (χ3n) is 6.19. The van der Waals surface area contributed by atoms with Gasteiger partial charge in [-0.2, -0.15) is 0 Å². The van der Waals surface area contributed by atoms with Gasteiger partial charge in [-0.1, -0.05) is 57.2 Å². The molecule has 0 unspecified atom stereocenters. The number of benzene rings is 2. The van der Waals surface area contributed by atoms with E-state index in [2.05, 4.69) is 73.9 Å². The predicted molar refractivity (Wildman–Crippen MR) is 104 cm³/mol. The highest BCUT2D eigenvalue weighted by molar-refractivity contribution is 6.07. The molecule has 2 aromatic carbocycles. The molecule has 1 heterocycles. The van der Waals surface area contributed by atoms with Crippen molar-refractivity contribution in [2.45, 2.75) is 53.0 Å². The number of nitrogens with zero attached hydrogens (tertiary/aromatic N) is 1. The average molecular weight is 319 g/mol. The van der Waals surface area contributed by atoms with Crippen LogP contribution in [0.2, 0.25) is 0 Å². The van der Waals surface area contributed by atoms with E-state index in [0.717, 1.165) is 11.8 Å².